The fraction of sp³-hybridized carbons (Fsp3) is 0.316. The van der Waals surface area contributed by atoms with Crippen molar-refractivity contribution in [2.45, 2.75) is 31.9 Å². The van der Waals surface area contributed by atoms with Crippen LogP contribution in [0.15, 0.2) is 60.7 Å². The summed E-state index contributed by atoms with van der Waals surface area (Å²) in [5, 5.41) is 10.4. The van der Waals surface area contributed by atoms with E-state index in [1.165, 1.54) is 0 Å². The number of aryl methyl sites for hydroxylation is 1. The number of hydrogen-bond donors (Lipinski definition) is 1. The summed E-state index contributed by atoms with van der Waals surface area (Å²) in [6.07, 6.45) is 0.497. The Morgan fingerprint density at radius 3 is 2.18 bits per heavy atom. The molecular weight excluding hydrogens is 274 g/mol. The maximum absolute atomic E-state index is 12.3. The van der Waals surface area contributed by atoms with Crippen LogP contribution in [-0.4, -0.2) is 29.0 Å². The molecule has 0 fully saturated rings. The first kappa shape index (κ1) is 16.2. The molecular formula is C19H23NO2. The standard InChI is InChI=1S/C19H23NO2/c1-15(19(22)17-11-7-4-8-12-17)20(2)18(21)14-13-16-9-5-3-6-10-16/h3-12,15,19,22H,13-14H2,1-2H3/t15-,19+/m1/s1. The number of carbonyl (C=O) groups is 1. The number of amides is 1. The lowest BCUT2D eigenvalue weighted by Crippen LogP contribution is -2.39. The molecule has 0 saturated heterocycles. The van der Waals surface area contributed by atoms with E-state index >= 15 is 0 Å². The van der Waals surface area contributed by atoms with E-state index in [0.717, 1.165) is 17.5 Å². The molecule has 1 N–H and O–H groups in total. The van der Waals surface area contributed by atoms with Gasteiger partial charge < -0.3 is 10.0 Å². The van der Waals surface area contributed by atoms with Crippen molar-refractivity contribution in [3.8, 4) is 0 Å². The molecule has 2 aromatic carbocycles. The lowest BCUT2D eigenvalue weighted by Gasteiger charge is -2.29. The summed E-state index contributed by atoms with van der Waals surface area (Å²) in [5.41, 5.74) is 1.98. The van der Waals surface area contributed by atoms with Gasteiger partial charge in [-0.3, -0.25) is 4.79 Å². The van der Waals surface area contributed by atoms with Crippen LogP contribution < -0.4 is 0 Å². The molecule has 2 atom stereocenters. The minimum absolute atomic E-state index is 0.0475. The predicted octanol–water partition coefficient (Wildman–Crippen LogP) is 3.20. The van der Waals surface area contributed by atoms with Gasteiger partial charge in [0.05, 0.1) is 12.1 Å². The monoisotopic (exact) mass is 297 g/mol. The van der Waals surface area contributed by atoms with Gasteiger partial charge in [-0.25, -0.2) is 0 Å². The van der Waals surface area contributed by atoms with Crippen molar-refractivity contribution in [1.29, 1.82) is 0 Å². The van der Waals surface area contributed by atoms with E-state index in [0.29, 0.717) is 6.42 Å². The minimum atomic E-state index is -0.674. The van der Waals surface area contributed by atoms with Crippen LogP contribution in [-0.2, 0) is 11.2 Å². The van der Waals surface area contributed by atoms with E-state index in [-0.39, 0.29) is 11.9 Å². The Morgan fingerprint density at radius 1 is 1.05 bits per heavy atom. The molecule has 3 heteroatoms. The van der Waals surface area contributed by atoms with Gasteiger partial charge in [0.15, 0.2) is 0 Å². The Labute approximate surface area is 132 Å². The molecule has 0 aliphatic heterocycles. The third-order valence-electron chi connectivity index (χ3n) is 4.07. The Bertz CT molecular complexity index is 583. The maximum atomic E-state index is 12.3. The topological polar surface area (TPSA) is 40.5 Å². The predicted molar refractivity (Wildman–Crippen MR) is 88.4 cm³/mol. The molecule has 0 spiro atoms. The van der Waals surface area contributed by atoms with Crippen LogP contribution in [0.1, 0.15) is 30.6 Å². The van der Waals surface area contributed by atoms with Crippen LogP contribution in [0.5, 0.6) is 0 Å². The average molecular weight is 297 g/mol. The van der Waals surface area contributed by atoms with E-state index in [4.69, 9.17) is 0 Å². The molecule has 0 saturated carbocycles. The molecule has 1 amide bonds. The van der Waals surface area contributed by atoms with Crippen LogP contribution in [0.3, 0.4) is 0 Å². The number of nitrogens with zero attached hydrogens (tertiary/aromatic N) is 1. The van der Waals surface area contributed by atoms with Gasteiger partial charge in [0.2, 0.25) is 5.91 Å². The van der Waals surface area contributed by atoms with Crippen LogP contribution in [0.2, 0.25) is 0 Å². The minimum Gasteiger partial charge on any atom is -0.386 e. The first-order valence-corrected chi connectivity index (χ1v) is 7.62. The van der Waals surface area contributed by atoms with E-state index in [9.17, 15) is 9.90 Å². The lowest BCUT2D eigenvalue weighted by molar-refractivity contribution is -0.133. The average Bonchev–Trinajstić information content (AvgIpc) is 2.59. The van der Waals surface area contributed by atoms with E-state index in [1.807, 2.05) is 67.6 Å². The van der Waals surface area contributed by atoms with Crippen molar-refractivity contribution in [2.75, 3.05) is 7.05 Å². The Balaban J connectivity index is 1.92. The molecule has 0 aromatic heterocycles. The van der Waals surface area contributed by atoms with Gasteiger partial charge in [-0.05, 0) is 24.5 Å². The summed E-state index contributed by atoms with van der Waals surface area (Å²) >= 11 is 0. The summed E-state index contributed by atoms with van der Waals surface area (Å²) in [5.74, 6) is 0.0475. The van der Waals surface area contributed by atoms with Gasteiger partial charge in [0.1, 0.15) is 0 Å². The quantitative estimate of drug-likeness (QED) is 0.889. The fourth-order valence-corrected chi connectivity index (χ4v) is 2.44. The van der Waals surface area contributed by atoms with Crippen molar-refractivity contribution in [3.63, 3.8) is 0 Å². The zero-order valence-electron chi connectivity index (χ0n) is 13.1. The highest BCUT2D eigenvalue weighted by atomic mass is 16.3. The van der Waals surface area contributed by atoms with Gasteiger partial charge in [0, 0.05) is 13.5 Å². The number of likely N-dealkylation sites (N-methyl/N-ethyl adjacent to an activating group) is 1. The molecule has 2 aromatic rings. The zero-order valence-corrected chi connectivity index (χ0v) is 13.1. The van der Waals surface area contributed by atoms with Crippen molar-refractivity contribution in [3.05, 3.63) is 71.8 Å². The largest absolute Gasteiger partial charge is 0.386 e. The first-order chi connectivity index (χ1) is 10.6. The summed E-state index contributed by atoms with van der Waals surface area (Å²) in [6.45, 7) is 1.87. The third-order valence-corrected chi connectivity index (χ3v) is 4.07. The summed E-state index contributed by atoms with van der Waals surface area (Å²) in [6, 6.07) is 19.2. The SMILES string of the molecule is C[C@H]([C@H](O)c1ccccc1)N(C)C(=O)CCc1ccccc1. The van der Waals surface area contributed by atoms with E-state index < -0.39 is 6.10 Å². The number of carbonyl (C=O) groups excluding carboxylic acids is 1. The van der Waals surface area contributed by atoms with E-state index in [2.05, 4.69) is 0 Å². The Morgan fingerprint density at radius 2 is 1.59 bits per heavy atom. The highest BCUT2D eigenvalue weighted by Gasteiger charge is 2.23. The number of rotatable bonds is 6. The van der Waals surface area contributed by atoms with Gasteiger partial charge in [-0.1, -0.05) is 60.7 Å². The number of benzene rings is 2. The van der Waals surface area contributed by atoms with Crippen LogP contribution in [0.25, 0.3) is 0 Å². The van der Waals surface area contributed by atoms with Crippen molar-refractivity contribution in [2.24, 2.45) is 0 Å². The molecule has 0 unspecified atom stereocenters. The number of hydrogen-bond acceptors (Lipinski definition) is 2. The third kappa shape index (κ3) is 4.18. The van der Waals surface area contributed by atoms with Gasteiger partial charge in [0.25, 0.3) is 0 Å². The smallest absolute Gasteiger partial charge is 0.222 e. The normalized spacial score (nSPS) is 13.4. The van der Waals surface area contributed by atoms with Gasteiger partial charge in [-0.2, -0.15) is 0 Å². The maximum Gasteiger partial charge on any atom is 0.222 e. The summed E-state index contributed by atoms with van der Waals surface area (Å²) in [7, 11) is 1.75. The molecule has 116 valence electrons. The summed E-state index contributed by atoms with van der Waals surface area (Å²) in [4.78, 5) is 13.9. The molecule has 2 rings (SSSR count). The van der Waals surface area contributed by atoms with Crippen LogP contribution >= 0.6 is 0 Å². The molecule has 0 aliphatic rings. The van der Waals surface area contributed by atoms with Crippen LogP contribution in [0.4, 0.5) is 0 Å². The van der Waals surface area contributed by atoms with Gasteiger partial charge >= 0.3 is 0 Å². The van der Waals surface area contributed by atoms with Crippen molar-refractivity contribution in [1.82, 2.24) is 4.90 Å². The lowest BCUT2D eigenvalue weighted by atomic mass is 10.0. The molecule has 3 nitrogen and oxygen atoms in total. The van der Waals surface area contributed by atoms with Crippen molar-refractivity contribution >= 4 is 5.91 Å². The molecule has 0 bridgehead atoms. The Hall–Kier alpha value is -2.13. The second-order valence-electron chi connectivity index (χ2n) is 5.59. The second-order valence-corrected chi connectivity index (χ2v) is 5.59. The number of aliphatic hydroxyl groups is 1. The zero-order chi connectivity index (χ0) is 15.9. The second kappa shape index (κ2) is 7.76. The first-order valence-electron chi connectivity index (χ1n) is 7.62. The fourth-order valence-electron chi connectivity index (χ4n) is 2.44. The highest BCUT2D eigenvalue weighted by molar-refractivity contribution is 5.76. The molecule has 0 heterocycles. The number of aliphatic hydroxyl groups excluding tert-OH is 1. The van der Waals surface area contributed by atoms with Crippen LogP contribution in [0, 0.1) is 0 Å². The molecule has 0 radical (unpaired) electrons. The molecule has 0 aliphatic carbocycles. The highest BCUT2D eigenvalue weighted by Crippen LogP contribution is 2.20. The summed E-state index contributed by atoms with van der Waals surface area (Å²) < 4.78 is 0. The Kier molecular flexibility index (Phi) is 5.73. The van der Waals surface area contributed by atoms with Gasteiger partial charge in [-0.15, -0.1) is 0 Å². The van der Waals surface area contributed by atoms with Crippen molar-refractivity contribution < 1.29 is 9.90 Å². The van der Waals surface area contributed by atoms with E-state index in [1.54, 1.807) is 11.9 Å². The molecule has 22 heavy (non-hydrogen) atoms.